The second kappa shape index (κ2) is 6.91. The molecule has 0 fully saturated rings. The summed E-state index contributed by atoms with van der Waals surface area (Å²) in [4.78, 5) is 19.8. The Morgan fingerprint density at radius 2 is 2.33 bits per heavy atom. The van der Waals surface area contributed by atoms with Crippen molar-refractivity contribution in [2.24, 2.45) is 0 Å². The van der Waals surface area contributed by atoms with Crippen LogP contribution in [0.15, 0.2) is 17.4 Å². The fourth-order valence-corrected chi connectivity index (χ4v) is 2.93. The number of imidazole rings is 1. The first-order chi connectivity index (χ1) is 10.0. The SMILES string of the molecule is COCCC(C)n1c(SCC(=O)O)nc2cc(C)cnc21. The fourth-order valence-electron chi connectivity index (χ4n) is 2.10. The van der Waals surface area contributed by atoms with Crippen molar-refractivity contribution in [2.75, 3.05) is 19.5 Å². The molecule has 0 aliphatic carbocycles. The van der Waals surface area contributed by atoms with Gasteiger partial charge < -0.3 is 14.4 Å². The van der Waals surface area contributed by atoms with Crippen LogP contribution in [0.4, 0.5) is 0 Å². The zero-order valence-corrected chi connectivity index (χ0v) is 13.2. The minimum atomic E-state index is -0.854. The summed E-state index contributed by atoms with van der Waals surface area (Å²) in [6.07, 6.45) is 2.62. The van der Waals surface area contributed by atoms with Gasteiger partial charge >= 0.3 is 5.97 Å². The molecule has 1 unspecified atom stereocenters. The van der Waals surface area contributed by atoms with Crippen LogP contribution in [0.5, 0.6) is 0 Å². The summed E-state index contributed by atoms with van der Waals surface area (Å²) in [5, 5.41) is 9.56. The molecule has 21 heavy (non-hydrogen) atoms. The highest BCUT2D eigenvalue weighted by atomic mass is 32.2. The quantitative estimate of drug-likeness (QED) is 0.792. The van der Waals surface area contributed by atoms with Crippen molar-refractivity contribution in [3.8, 4) is 0 Å². The number of fused-ring (bicyclic) bond motifs is 1. The maximum absolute atomic E-state index is 10.8. The molecule has 0 bridgehead atoms. The van der Waals surface area contributed by atoms with Crippen molar-refractivity contribution >= 4 is 28.9 Å². The average molecular weight is 309 g/mol. The third-order valence-electron chi connectivity index (χ3n) is 3.14. The molecule has 114 valence electrons. The van der Waals surface area contributed by atoms with Crippen LogP contribution in [0.2, 0.25) is 0 Å². The van der Waals surface area contributed by atoms with E-state index in [9.17, 15) is 4.79 Å². The first-order valence-electron chi connectivity index (χ1n) is 6.71. The molecule has 0 saturated carbocycles. The Morgan fingerprint density at radius 3 is 3.00 bits per heavy atom. The number of hydrogen-bond acceptors (Lipinski definition) is 5. The van der Waals surface area contributed by atoms with Gasteiger partial charge in [-0.2, -0.15) is 0 Å². The van der Waals surface area contributed by atoms with E-state index in [2.05, 4.69) is 16.9 Å². The molecule has 0 amide bonds. The van der Waals surface area contributed by atoms with Gasteiger partial charge in [-0.1, -0.05) is 11.8 Å². The molecule has 0 aliphatic rings. The van der Waals surface area contributed by atoms with E-state index in [4.69, 9.17) is 9.84 Å². The molecule has 0 saturated heterocycles. The number of carboxylic acids is 1. The lowest BCUT2D eigenvalue weighted by atomic mass is 10.2. The summed E-state index contributed by atoms with van der Waals surface area (Å²) in [5.74, 6) is -0.869. The Balaban J connectivity index is 2.41. The molecule has 1 atom stereocenters. The van der Waals surface area contributed by atoms with Crippen molar-refractivity contribution < 1.29 is 14.6 Å². The molecule has 0 aromatic carbocycles. The molecular weight excluding hydrogens is 290 g/mol. The highest BCUT2D eigenvalue weighted by molar-refractivity contribution is 7.99. The molecule has 2 aromatic rings. The maximum Gasteiger partial charge on any atom is 0.313 e. The van der Waals surface area contributed by atoms with Crippen LogP contribution in [0.25, 0.3) is 11.2 Å². The second-order valence-electron chi connectivity index (χ2n) is 4.93. The minimum absolute atomic E-state index is 0.0146. The zero-order valence-electron chi connectivity index (χ0n) is 12.4. The van der Waals surface area contributed by atoms with E-state index in [1.807, 2.05) is 17.6 Å². The van der Waals surface area contributed by atoms with Crippen LogP contribution in [0.1, 0.15) is 24.9 Å². The number of pyridine rings is 1. The van der Waals surface area contributed by atoms with Crippen molar-refractivity contribution in [1.82, 2.24) is 14.5 Å². The number of thioether (sulfide) groups is 1. The number of carbonyl (C=O) groups is 1. The van der Waals surface area contributed by atoms with Crippen LogP contribution >= 0.6 is 11.8 Å². The number of hydrogen-bond donors (Lipinski definition) is 1. The molecule has 1 N–H and O–H groups in total. The topological polar surface area (TPSA) is 77.2 Å². The van der Waals surface area contributed by atoms with Crippen LogP contribution in [-0.4, -0.2) is 45.1 Å². The van der Waals surface area contributed by atoms with Crippen LogP contribution in [0.3, 0.4) is 0 Å². The van der Waals surface area contributed by atoms with E-state index in [1.54, 1.807) is 13.3 Å². The minimum Gasteiger partial charge on any atom is -0.481 e. The summed E-state index contributed by atoms with van der Waals surface area (Å²) >= 11 is 1.22. The van der Waals surface area contributed by atoms with E-state index in [1.165, 1.54) is 11.8 Å². The number of aromatic nitrogens is 3. The van der Waals surface area contributed by atoms with Crippen LogP contribution < -0.4 is 0 Å². The third kappa shape index (κ3) is 3.74. The summed E-state index contributed by atoms with van der Waals surface area (Å²) in [5.41, 5.74) is 2.62. The van der Waals surface area contributed by atoms with Crippen molar-refractivity contribution in [2.45, 2.75) is 31.5 Å². The van der Waals surface area contributed by atoms with Gasteiger partial charge in [-0.15, -0.1) is 0 Å². The number of rotatable bonds is 7. The number of methoxy groups -OCH3 is 1. The Bertz CT molecular complexity index is 642. The first-order valence-corrected chi connectivity index (χ1v) is 7.69. The van der Waals surface area contributed by atoms with Gasteiger partial charge in [0.1, 0.15) is 5.52 Å². The normalized spacial score (nSPS) is 12.7. The summed E-state index contributed by atoms with van der Waals surface area (Å²) < 4.78 is 7.13. The largest absolute Gasteiger partial charge is 0.481 e. The highest BCUT2D eigenvalue weighted by Crippen LogP contribution is 2.28. The van der Waals surface area contributed by atoms with E-state index in [0.717, 1.165) is 23.1 Å². The number of aryl methyl sites for hydroxylation is 1. The molecular formula is C14H19N3O3S. The fraction of sp³-hybridized carbons (Fsp3) is 0.500. The number of aliphatic carboxylic acids is 1. The number of carboxylic acid groups (broad SMARTS) is 1. The van der Waals surface area contributed by atoms with E-state index < -0.39 is 5.97 Å². The lowest BCUT2D eigenvalue weighted by Crippen LogP contribution is -2.10. The highest BCUT2D eigenvalue weighted by Gasteiger charge is 2.18. The lowest BCUT2D eigenvalue weighted by Gasteiger charge is -2.16. The summed E-state index contributed by atoms with van der Waals surface area (Å²) in [6, 6.07) is 2.11. The predicted octanol–water partition coefficient (Wildman–Crippen LogP) is 2.51. The average Bonchev–Trinajstić information content (AvgIpc) is 2.79. The standard InChI is InChI=1S/C14H19N3O3S/c1-9-6-11-13(15-7-9)17(10(2)4-5-20-3)14(16-11)21-8-12(18)19/h6-7,10H,4-5,8H2,1-3H3,(H,18,19). The molecule has 2 rings (SSSR count). The predicted molar refractivity (Wildman–Crippen MR) is 81.8 cm³/mol. The van der Waals surface area contributed by atoms with Gasteiger partial charge in [-0.3, -0.25) is 4.79 Å². The Kier molecular flexibility index (Phi) is 5.19. The summed E-state index contributed by atoms with van der Waals surface area (Å²) in [6.45, 7) is 4.66. The smallest absolute Gasteiger partial charge is 0.313 e. The number of nitrogens with zero attached hydrogens (tertiary/aromatic N) is 3. The first kappa shape index (κ1) is 15.8. The molecule has 2 aromatic heterocycles. The van der Waals surface area contributed by atoms with E-state index >= 15 is 0 Å². The molecule has 6 nitrogen and oxygen atoms in total. The Labute approximate surface area is 127 Å². The van der Waals surface area contributed by atoms with Crippen LogP contribution in [0, 0.1) is 6.92 Å². The van der Waals surface area contributed by atoms with Gasteiger partial charge in [-0.05, 0) is 31.9 Å². The number of ether oxygens (including phenoxy) is 1. The Morgan fingerprint density at radius 1 is 1.57 bits per heavy atom. The summed E-state index contributed by atoms with van der Waals surface area (Å²) in [7, 11) is 1.67. The molecule has 2 heterocycles. The molecule has 0 spiro atoms. The van der Waals surface area contributed by atoms with Crippen LogP contribution in [-0.2, 0) is 9.53 Å². The van der Waals surface area contributed by atoms with Gasteiger partial charge in [0.05, 0.1) is 5.75 Å². The van der Waals surface area contributed by atoms with Crippen molar-refractivity contribution in [1.29, 1.82) is 0 Å². The van der Waals surface area contributed by atoms with Crippen molar-refractivity contribution in [3.63, 3.8) is 0 Å². The van der Waals surface area contributed by atoms with Gasteiger partial charge in [-0.25, -0.2) is 9.97 Å². The molecule has 0 aliphatic heterocycles. The van der Waals surface area contributed by atoms with Crippen molar-refractivity contribution in [3.05, 3.63) is 17.8 Å². The Hall–Kier alpha value is -1.60. The van der Waals surface area contributed by atoms with E-state index in [0.29, 0.717) is 11.8 Å². The molecule has 7 heteroatoms. The maximum atomic E-state index is 10.8. The second-order valence-corrected chi connectivity index (χ2v) is 5.88. The monoisotopic (exact) mass is 309 g/mol. The van der Waals surface area contributed by atoms with Gasteiger partial charge in [0, 0.05) is 26.0 Å². The van der Waals surface area contributed by atoms with Gasteiger partial charge in [0.2, 0.25) is 0 Å². The lowest BCUT2D eigenvalue weighted by molar-refractivity contribution is -0.133. The van der Waals surface area contributed by atoms with Gasteiger partial charge in [0.15, 0.2) is 10.8 Å². The van der Waals surface area contributed by atoms with Gasteiger partial charge in [0.25, 0.3) is 0 Å². The van der Waals surface area contributed by atoms with E-state index in [-0.39, 0.29) is 11.8 Å². The third-order valence-corrected chi connectivity index (χ3v) is 4.08. The molecule has 0 radical (unpaired) electrons. The zero-order chi connectivity index (χ0) is 15.4.